The average Bonchev–Trinajstić information content (AvgIpc) is 2.95. The molecular formula is C14H22N2O2. The predicted molar refractivity (Wildman–Crippen MR) is 70.6 cm³/mol. The molecule has 0 bridgehead atoms. The Bertz CT molecular complexity index is 406. The summed E-state index contributed by atoms with van der Waals surface area (Å²) in [5.41, 5.74) is 0.907. The number of nitrogens with one attached hydrogen (secondary N) is 1. The summed E-state index contributed by atoms with van der Waals surface area (Å²) in [6.07, 6.45) is 3.92. The van der Waals surface area contributed by atoms with Crippen LogP contribution in [-0.4, -0.2) is 36.0 Å². The number of rotatable bonds is 4. The second-order valence-corrected chi connectivity index (χ2v) is 5.28. The first-order chi connectivity index (χ1) is 8.59. The molecule has 4 nitrogen and oxygen atoms in total. The van der Waals surface area contributed by atoms with Crippen LogP contribution in [0.5, 0.6) is 0 Å². The largest absolute Gasteiger partial charge is 0.459 e. The zero-order valence-electron chi connectivity index (χ0n) is 11.4. The molecule has 2 rings (SSSR count). The van der Waals surface area contributed by atoms with Crippen LogP contribution in [0.3, 0.4) is 0 Å². The molecule has 1 atom stereocenters. The first-order valence-corrected chi connectivity index (χ1v) is 6.68. The molecule has 2 heterocycles. The van der Waals surface area contributed by atoms with Crippen molar-refractivity contribution in [2.75, 3.05) is 13.1 Å². The van der Waals surface area contributed by atoms with Crippen LogP contribution in [0.25, 0.3) is 0 Å². The molecule has 1 unspecified atom stereocenters. The highest BCUT2D eigenvalue weighted by molar-refractivity contribution is 5.93. The van der Waals surface area contributed by atoms with Crippen molar-refractivity contribution >= 4 is 5.91 Å². The Kier molecular flexibility index (Phi) is 4.07. The smallest absolute Gasteiger partial charge is 0.290 e. The van der Waals surface area contributed by atoms with Gasteiger partial charge in [0.25, 0.3) is 5.91 Å². The lowest BCUT2D eigenvalue weighted by Crippen LogP contribution is -2.44. The van der Waals surface area contributed by atoms with E-state index in [9.17, 15) is 4.79 Å². The minimum Gasteiger partial charge on any atom is -0.459 e. The molecule has 1 aliphatic rings. The summed E-state index contributed by atoms with van der Waals surface area (Å²) in [5, 5.41) is 3.43. The number of hydrogen-bond acceptors (Lipinski definition) is 3. The van der Waals surface area contributed by atoms with Gasteiger partial charge >= 0.3 is 0 Å². The topological polar surface area (TPSA) is 45.5 Å². The van der Waals surface area contributed by atoms with Gasteiger partial charge in [-0.15, -0.1) is 0 Å². The molecule has 1 fully saturated rings. The van der Waals surface area contributed by atoms with Gasteiger partial charge in [0.1, 0.15) is 0 Å². The Morgan fingerprint density at radius 2 is 2.39 bits per heavy atom. The summed E-state index contributed by atoms with van der Waals surface area (Å²) < 4.78 is 5.31. The maximum Gasteiger partial charge on any atom is 0.290 e. The van der Waals surface area contributed by atoms with Crippen LogP contribution < -0.4 is 5.32 Å². The van der Waals surface area contributed by atoms with E-state index in [0.29, 0.717) is 11.8 Å². The Morgan fingerprint density at radius 1 is 1.61 bits per heavy atom. The lowest BCUT2D eigenvalue weighted by Gasteiger charge is -2.29. The molecular weight excluding hydrogens is 228 g/mol. The molecule has 1 aromatic rings. The maximum atomic E-state index is 12.5. The fourth-order valence-corrected chi connectivity index (χ4v) is 2.40. The van der Waals surface area contributed by atoms with Crippen LogP contribution in [-0.2, 0) is 0 Å². The van der Waals surface area contributed by atoms with Gasteiger partial charge in [-0.1, -0.05) is 0 Å². The van der Waals surface area contributed by atoms with E-state index in [1.54, 1.807) is 6.26 Å². The van der Waals surface area contributed by atoms with Crippen LogP contribution in [0.1, 0.15) is 42.8 Å². The standard InChI is InChI=1S/C14H22N2O2/c1-10(2)16(9-12-5-4-7-15-12)14(17)13-11(3)6-8-18-13/h6,8,10,12,15H,4-5,7,9H2,1-3H3. The van der Waals surface area contributed by atoms with E-state index >= 15 is 0 Å². The van der Waals surface area contributed by atoms with Gasteiger partial charge in [0.2, 0.25) is 0 Å². The van der Waals surface area contributed by atoms with E-state index < -0.39 is 0 Å². The minimum atomic E-state index is 0.00111. The molecule has 0 saturated carbocycles. The van der Waals surface area contributed by atoms with Gasteiger partial charge in [0, 0.05) is 24.2 Å². The molecule has 1 aromatic heterocycles. The molecule has 0 spiro atoms. The Balaban J connectivity index is 2.09. The Labute approximate surface area is 108 Å². The summed E-state index contributed by atoms with van der Waals surface area (Å²) in [4.78, 5) is 14.4. The zero-order valence-corrected chi connectivity index (χ0v) is 11.4. The first-order valence-electron chi connectivity index (χ1n) is 6.68. The number of carbonyl (C=O) groups excluding carboxylic acids is 1. The van der Waals surface area contributed by atoms with Gasteiger partial charge in [0.05, 0.1) is 6.26 Å². The molecule has 1 saturated heterocycles. The monoisotopic (exact) mass is 250 g/mol. The van der Waals surface area contributed by atoms with E-state index in [2.05, 4.69) is 5.32 Å². The highest BCUT2D eigenvalue weighted by atomic mass is 16.3. The average molecular weight is 250 g/mol. The minimum absolute atomic E-state index is 0.00111. The number of furan rings is 1. The molecule has 0 aliphatic carbocycles. The zero-order chi connectivity index (χ0) is 13.1. The molecule has 0 radical (unpaired) electrons. The second-order valence-electron chi connectivity index (χ2n) is 5.28. The van der Waals surface area contributed by atoms with Crippen molar-refractivity contribution in [2.45, 2.75) is 45.7 Å². The maximum absolute atomic E-state index is 12.5. The Hall–Kier alpha value is -1.29. The van der Waals surface area contributed by atoms with Gasteiger partial charge in [-0.25, -0.2) is 0 Å². The lowest BCUT2D eigenvalue weighted by molar-refractivity contribution is 0.0655. The van der Waals surface area contributed by atoms with E-state index in [1.165, 1.54) is 6.42 Å². The van der Waals surface area contributed by atoms with Crippen LogP contribution in [0, 0.1) is 6.92 Å². The number of hydrogen-bond donors (Lipinski definition) is 1. The van der Waals surface area contributed by atoms with Crippen LogP contribution >= 0.6 is 0 Å². The molecule has 1 amide bonds. The normalized spacial score (nSPS) is 19.4. The van der Waals surface area contributed by atoms with Crippen molar-refractivity contribution in [3.63, 3.8) is 0 Å². The summed E-state index contributed by atoms with van der Waals surface area (Å²) >= 11 is 0. The van der Waals surface area contributed by atoms with Crippen molar-refractivity contribution in [2.24, 2.45) is 0 Å². The first kappa shape index (κ1) is 13.1. The fraction of sp³-hybridized carbons (Fsp3) is 0.643. The number of nitrogens with zero attached hydrogens (tertiary/aromatic N) is 1. The van der Waals surface area contributed by atoms with E-state index in [-0.39, 0.29) is 11.9 Å². The molecule has 0 aromatic carbocycles. The molecule has 100 valence electrons. The van der Waals surface area contributed by atoms with Crippen LogP contribution in [0.2, 0.25) is 0 Å². The number of amides is 1. The molecule has 1 N–H and O–H groups in total. The molecule has 4 heteroatoms. The summed E-state index contributed by atoms with van der Waals surface area (Å²) in [6, 6.07) is 2.44. The summed E-state index contributed by atoms with van der Waals surface area (Å²) in [6.45, 7) is 7.82. The van der Waals surface area contributed by atoms with Gasteiger partial charge in [0.15, 0.2) is 5.76 Å². The van der Waals surface area contributed by atoms with Gasteiger partial charge in [-0.3, -0.25) is 4.79 Å². The second kappa shape index (κ2) is 5.57. The van der Waals surface area contributed by atoms with Crippen molar-refractivity contribution in [3.05, 3.63) is 23.7 Å². The van der Waals surface area contributed by atoms with Gasteiger partial charge in [-0.2, -0.15) is 0 Å². The van der Waals surface area contributed by atoms with Gasteiger partial charge in [-0.05, 0) is 46.2 Å². The fourth-order valence-electron chi connectivity index (χ4n) is 2.40. The van der Waals surface area contributed by atoms with E-state index in [0.717, 1.165) is 25.1 Å². The third-order valence-corrected chi connectivity index (χ3v) is 3.52. The van der Waals surface area contributed by atoms with E-state index in [4.69, 9.17) is 4.42 Å². The van der Waals surface area contributed by atoms with Crippen LogP contribution in [0.4, 0.5) is 0 Å². The third kappa shape index (κ3) is 2.75. The molecule has 1 aliphatic heterocycles. The third-order valence-electron chi connectivity index (χ3n) is 3.52. The Morgan fingerprint density at radius 3 is 2.89 bits per heavy atom. The van der Waals surface area contributed by atoms with Crippen molar-refractivity contribution < 1.29 is 9.21 Å². The van der Waals surface area contributed by atoms with Crippen molar-refractivity contribution in [1.82, 2.24) is 10.2 Å². The lowest BCUT2D eigenvalue weighted by atomic mass is 10.1. The van der Waals surface area contributed by atoms with Crippen LogP contribution in [0.15, 0.2) is 16.7 Å². The molecule has 18 heavy (non-hydrogen) atoms. The highest BCUT2D eigenvalue weighted by Gasteiger charge is 2.26. The predicted octanol–water partition coefficient (Wildman–Crippen LogP) is 2.19. The number of carbonyl (C=O) groups is 1. The number of aryl methyl sites for hydroxylation is 1. The SMILES string of the molecule is Cc1ccoc1C(=O)N(CC1CCCN1)C(C)C. The summed E-state index contributed by atoms with van der Waals surface area (Å²) in [5.74, 6) is 0.475. The quantitative estimate of drug-likeness (QED) is 0.891. The van der Waals surface area contributed by atoms with Crippen molar-refractivity contribution in [3.8, 4) is 0 Å². The highest BCUT2D eigenvalue weighted by Crippen LogP contribution is 2.16. The van der Waals surface area contributed by atoms with E-state index in [1.807, 2.05) is 31.7 Å². The van der Waals surface area contributed by atoms with Gasteiger partial charge < -0.3 is 14.6 Å². The summed E-state index contributed by atoms with van der Waals surface area (Å²) in [7, 11) is 0. The van der Waals surface area contributed by atoms with Crippen molar-refractivity contribution in [1.29, 1.82) is 0 Å².